The Morgan fingerprint density at radius 1 is 1.23 bits per heavy atom. The van der Waals surface area contributed by atoms with E-state index in [0.29, 0.717) is 23.7 Å². The van der Waals surface area contributed by atoms with Gasteiger partial charge in [0.2, 0.25) is 5.91 Å². The lowest BCUT2D eigenvalue weighted by molar-refractivity contribution is -0.118. The van der Waals surface area contributed by atoms with Crippen LogP contribution in [-0.2, 0) is 4.79 Å². The Morgan fingerprint density at radius 3 is 2.71 bits per heavy atom. The Kier molecular flexibility index (Phi) is 5.51. The number of carbonyl (C=O) groups excluding carboxylic acids is 1. The Morgan fingerprint density at radius 2 is 2.03 bits per heavy atom. The molecule has 0 aliphatic heterocycles. The van der Waals surface area contributed by atoms with Crippen LogP contribution in [-0.4, -0.2) is 27.5 Å². The number of amides is 1. The van der Waals surface area contributed by atoms with Crippen molar-refractivity contribution in [1.82, 2.24) is 15.0 Å². The summed E-state index contributed by atoms with van der Waals surface area (Å²) < 4.78 is 46.6. The standard InChI is InChI=1S/C22H21F3N4O2/c1-12-19(10-26-13(2)28-12)31-11-22(14-3-5-17(24)18(25)7-14)8-16(22)21(30)29-20-6-4-15(23)9-27-20/h3-6,9-10,14,16H,7-8,11H2,1-2H3,(H,27,29,30)/t14?,16-,22+/m0/s1. The molecule has 162 valence electrons. The van der Waals surface area contributed by atoms with Gasteiger partial charge in [0, 0.05) is 17.8 Å². The van der Waals surface area contributed by atoms with Gasteiger partial charge in [0.15, 0.2) is 11.6 Å². The Bertz CT molecular complexity index is 1070. The molecule has 0 aromatic carbocycles. The molecule has 0 bridgehead atoms. The van der Waals surface area contributed by atoms with Gasteiger partial charge < -0.3 is 10.1 Å². The fourth-order valence-corrected chi connectivity index (χ4v) is 3.98. The van der Waals surface area contributed by atoms with Gasteiger partial charge in [0.1, 0.15) is 23.3 Å². The molecule has 2 aromatic heterocycles. The van der Waals surface area contributed by atoms with Crippen molar-refractivity contribution in [3.05, 3.63) is 65.7 Å². The average Bonchev–Trinajstić information content (AvgIpc) is 3.47. The van der Waals surface area contributed by atoms with Gasteiger partial charge in [-0.15, -0.1) is 0 Å². The summed E-state index contributed by atoms with van der Waals surface area (Å²) in [5.74, 6) is -2.22. The Balaban J connectivity index is 1.53. The van der Waals surface area contributed by atoms with E-state index in [1.165, 1.54) is 12.1 Å². The van der Waals surface area contributed by atoms with Crippen LogP contribution in [0.4, 0.5) is 19.0 Å². The topological polar surface area (TPSA) is 77.0 Å². The second kappa shape index (κ2) is 8.13. The van der Waals surface area contributed by atoms with Crippen molar-refractivity contribution in [2.75, 3.05) is 11.9 Å². The molecular formula is C22H21F3N4O2. The lowest BCUT2D eigenvalue weighted by Crippen LogP contribution is -2.30. The third-order valence-electron chi connectivity index (χ3n) is 5.84. The van der Waals surface area contributed by atoms with E-state index in [1.54, 1.807) is 26.1 Å². The zero-order chi connectivity index (χ0) is 22.2. The van der Waals surface area contributed by atoms with Crippen molar-refractivity contribution in [2.24, 2.45) is 17.3 Å². The lowest BCUT2D eigenvalue weighted by Gasteiger charge is -2.27. The van der Waals surface area contributed by atoms with Gasteiger partial charge in [0.25, 0.3) is 0 Å². The predicted molar refractivity (Wildman–Crippen MR) is 107 cm³/mol. The number of nitrogens with zero attached hydrogens (tertiary/aromatic N) is 3. The maximum absolute atomic E-state index is 14.0. The van der Waals surface area contributed by atoms with Crippen LogP contribution < -0.4 is 10.1 Å². The second-order valence-corrected chi connectivity index (χ2v) is 7.92. The number of allylic oxidation sites excluding steroid dienone is 4. The summed E-state index contributed by atoms with van der Waals surface area (Å²) in [5, 5.41) is 2.66. The average molecular weight is 430 g/mol. The van der Waals surface area contributed by atoms with Gasteiger partial charge in [-0.2, -0.15) is 0 Å². The van der Waals surface area contributed by atoms with E-state index in [-0.39, 0.29) is 24.8 Å². The molecule has 4 rings (SSSR count). The summed E-state index contributed by atoms with van der Waals surface area (Å²) in [4.78, 5) is 25.1. The third-order valence-corrected chi connectivity index (χ3v) is 5.84. The highest BCUT2D eigenvalue weighted by Gasteiger charge is 2.62. The first-order valence-electron chi connectivity index (χ1n) is 9.86. The Labute approximate surface area is 177 Å². The summed E-state index contributed by atoms with van der Waals surface area (Å²) >= 11 is 0. The molecule has 2 aliphatic rings. The van der Waals surface area contributed by atoms with Crippen LogP contribution in [0.2, 0.25) is 0 Å². The normalized spacial score (nSPS) is 24.8. The van der Waals surface area contributed by atoms with Gasteiger partial charge in [-0.05, 0) is 44.4 Å². The smallest absolute Gasteiger partial charge is 0.229 e. The molecule has 2 heterocycles. The molecule has 1 saturated carbocycles. The summed E-state index contributed by atoms with van der Waals surface area (Å²) in [6, 6.07) is 2.55. The van der Waals surface area contributed by atoms with Crippen LogP contribution >= 0.6 is 0 Å². The van der Waals surface area contributed by atoms with Gasteiger partial charge in [-0.3, -0.25) is 4.79 Å². The molecular weight excluding hydrogens is 409 g/mol. The van der Waals surface area contributed by atoms with Gasteiger partial charge in [-0.1, -0.05) is 6.08 Å². The minimum atomic E-state index is -0.896. The summed E-state index contributed by atoms with van der Waals surface area (Å²) in [7, 11) is 0. The van der Waals surface area contributed by atoms with Crippen molar-refractivity contribution in [3.8, 4) is 5.75 Å². The van der Waals surface area contributed by atoms with Crippen molar-refractivity contribution in [1.29, 1.82) is 0 Å². The fourth-order valence-electron chi connectivity index (χ4n) is 3.98. The molecule has 0 saturated heterocycles. The zero-order valence-electron chi connectivity index (χ0n) is 17.0. The molecule has 2 aromatic rings. The van der Waals surface area contributed by atoms with E-state index >= 15 is 0 Å². The quantitative estimate of drug-likeness (QED) is 0.736. The van der Waals surface area contributed by atoms with Gasteiger partial charge in [0.05, 0.1) is 24.7 Å². The number of carbonyl (C=O) groups is 1. The van der Waals surface area contributed by atoms with Crippen molar-refractivity contribution >= 4 is 11.7 Å². The van der Waals surface area contributed by atoms with Crippen molar-refractivity contribution in [2.45, 2.75) is 26.7 Å². The molecule has 1 amide bonds. The molecule has 31 heavy (non-hydrogen) atoms. The summed E-state index contributed by atoms with van der Waals surface area (Å²) in [6.07, 6.45) is 5.53. The first-order chi connectivity index (χ1) is 14.8. The highest BCUT2D eigenvalue weighted by atomic mass is 19.2. The maximum Gasteiger partial charge on any atom is 0.229 e. The summed E-state index contributed by atoms with van der Waals surface area (Å²) in [6.45, 7) is 3.66. The second-order valence-electron chi connectivity index (χ2n) is 7.92. The number of ether oxygens (including phenoxy) is 1. The van der Waals surface area contributed by atoms with E-state index in [2.05, 4.69) is 20.3 Å². The van der Waals surface area contributed by atoms with E-state index < -0.39 is 34.7 Å². The monoisotopic (exact) mass is 430 g/mol. The number of halogens is 3. The van der Waals surface area contributed by atoms with E-state index in [0.717, 1.165) is 12.3 Å². The van der Waals surface area contributed by atoms with Crippen LogP contribution in [0.1, 0.15) is 24.4 Å². The number of nitrogens with one attached hydrogen (secondary N) is 1. The Hall–Kier alpha value is -3.23. The fraction of sp³-hybridized carbons (Fsp3) is 0.364. The highest BCUT2D eigenvalue weighted by molar-refractivity contribution is 5.94. The molecule has 0 radical (unpaired) electrons. The number of hydrogen-bond acceptors (Lipinski definition) is 5. The molecule has 0 spiro atoms. The molecule has 6 nitrogen and oxygen atoms in total. The highest BCUT2D eigenvalue weighted by Crippen LogP contribution is 2.61. The minimum Gasteiger partial charge on any atom is -0.489 e. The maximum atomic E-state index is 14.0. The van der Waals surface area contributed by atoms with Crippen molar-refractivity contribution < 1.29 is 22.7 Å². The number of rotatable bonds is 6. The first-order valence-corrected chi connectivity index (χ1v) is 9.86. The summed E-state index contributed by atoms with van der Waals surface area (Å²) in [5.41, 5.74) is -0.0770. The van der Waals surface area contributed by atoms with E-state index in [1.807, 2.05) is 0 Å². The molecule has 1 unspecified atom stereocenters. The van der Waals surface area contributed by atoms with Crippen LogP contribution in [0.3, 0.4) is 0 Å². The molecule has 1 N–H and O–H groups in total. The third kappa shape index (κ3) is 4.30. The van der Waals surface area contributed by atoms with E-state index in [4.69, 9.17) is 4.74 Å². The van der Waals surface area contributed by atoms with E-state index in [9.17, 15) is 18.0 Å². The number of anilines is 1. The van der Waals surface area contributed by atoms with Crippen LogP contribution in [0.5, 0.6) is 5.75 Å². The van der Waals surface area contributed by atoms with Crippen LogP contribution in [0.25, 0.3) is 0 Å². The van der Waals surface area contributed by atoms with Gasteiger partial charge >= 0.3 is 0 Å². The number of hydrogen-bond donors (Lipinski definition) is 1. The SMILES string of the molecule is Cc1ncc(OC[C@@]2(C3C=CC(F)=C(F)C3)C[C@H]2C(=O)Nc2ccc(F)cn2)c(C)n1. The number of aromatic nitrogens is 3. The molecule has 2 aliphatic carbocycles. The largest absolute Gasteiger partial charge is 0.489 e. The number of aryl methyl sites for hydroxylation is 2. The van der Waals surface area contributed by atoms with Gasteiger partial charge in [-0.25, -0.2) is 28.1 Å². The molecule has 1 fully saturated rings. The van der Waals surface area contributed by atoms with Crippen LogP contribution in [0, 0.1) is 36.9 Å². The molecule has 9 heteroatoms. The predicted octanol–water partition coefficient (Wildman–Crippen LogP) is 4.38. The zero-order valence-corrected chi connectivity index (χ0v) is 17.0. The minimum absolute atomic E-state index is 0.110. The van der Waals surface area contributed by atoms with Crippen molar-refractivity contribution in [3.63, 3.8) is 0 Å². The first kappa shape index (κ1) is 21.0. The lowest BCUT2D eigenvalue weighted by atomic mass is 9.82. The molecule has 3 atom stereocenters. The number of pyridine rings is 1. The van der Waals surface area contributed by atoms with Crippen LogP contribution in [0.15, 0.2) is 48.3 Å².